The molecule has 0 radical (unpaired) electrons. The predicted octanol–water partition coefficient (Wildman–Crippen LogP) is 1.34. The van der Waals surface area contributed by atoms with Gasteiger partial charge in [0.05, 0.1) is 5.69 Å². The highest BCUT2D eigenvalue weighted by atomic mass is 32.1. The molecule has 27 heavy (non-hydrogen) atoms. The number of aryl methyl sites for hydroxylation is 1. The van der Waals surface area contributed by atoms with Crippen LogP contribution in [0, 0.1) is 5.92 Å². The molecular formula is C19H33N5O2S. The van der Waals surface area contributed by atoms with E-state index in [1.807, 2.05) is 4.90 Å². The number of amides is 1. The van der Waals surface area contributed by atoms with Gasteiger partial charge in [0.15, 0.2) is 0 Å². The lowest BCUT2D eigenvalue weighted by Crippen LogP contribution is -2.56. The zero-order valence-electron chi connectivity index (χ0n) is 16.6. The minimum atomic E-state index is 0.0966. The highest BCUT2D eigenvalue weighted by Gasteiger charge is 2.36. The lowest BCUT2D eigenvalue weighted by atomic mass is 9.86. The van der Waals surface area contributed by atoms with Gasteiger partial charge in [-0.1, -0.05) is 17.8 Å². The summed E-state index contributed by atoms with van der Waals surface area (Å²) in [5, 5.41) is 13.5. The van der Waals surface area contributed by atoms with E-state index in [2.05, 4.69) is 33.4 Å². The lowest BCUT2D eigenvalue weighted by Gasteiger charge is -2.46. The summed E-state index contributed by atoms with van der Waals surface area (Å²) in [6.07, 6.45) is 4.57. The minimum Gasteiger partial charge on any atom is -0.396 e. The average Bonchev–Trinajstić information content (AvgIpc) is 3.15. The molecule has 8 heteroatoms. The quantitative estimate of drug-likeness (QED) is 0.751. The van der Waals surface area contributed by atoms with Crippen LogP contribution in [-0.4, -0.2) is 94.3 Å². The van der Waals surface area contributed by atoms with Gasteiger partial charge >= 0.3 is 0 Å². The van der Waals surface area contributed by atoms with Crippen molar-refractivity contribution in [1.29, 1.82) is 0 Å². The van der Waals surface area contributed by atoms with Crippen LogP contribution in [-0.2, 0) is 6.42 Å². The van der Waals surface area contributed by atoms with E-state index in [1.165, 1.54) is 11.5 Å². The molecule has 2 aliphatic heterocycles. The van der Waals surface area contributed by atoms with E-state index in [0.717, 1.165) is 81.9 Å². The van der Waals surface area contributed by atoms with Crippen molar-refractivity contribution >= 4 is 17.4 Å². The zero-order valence-corrected chi connectivity index (χ0v) is 17.5. The fraction of sp³-hybridized carbons (Fsp3) is 0.842. The summed E-state index contributed by atoms with van der Waals surface area (Å²) >= 11 is 1.23. The Morgan fingerprint density at radius 2 is 2.04 bits per heavy atom. The molecule has 1 amide bonds. The predicted molar refractivity (Wildman–Crippen MR) is 107 cm³/mol. The maximum Gasteiger partial charge on any atom is 0.267 e. The zero-order chi connectivity index (χ0) is 19.2. The number of likely N-dealkylation sites (tertiary alicyclic amines) is 1. The summed E-state index contributed by atoms with van der Waals surface area (Å²) in [5.74, 6) is 0.521. The number of aliphatic hydroxyl groups excluding tert-OH is 1. The van der Waals surface area contributed by atoms with E-state index in [4.69, 9.17) is 0 Å². The van der Waals surface area contributed by atoms with E-state index in [0.29, 0.717) is 12.0 Å². The van der Waals surface area contributed by atoms with E-state index < -0.39 is 0 Å². The maximum atomic E-state index is 13.1. The first-order chi connectivity index (χ1) is 13.1. The van der Waals surface area contributed by atoms with Crippen molar-refractivity contribution in [3.63, 3.8) is 0 Å². The number of hydrogen-bond donors (Lipinski definition) is 1. The maximum absolute atomic E-state index is 13.1. The first-order valence-corrected chi connectivity index (χ1v) is 11.0. The van der Waals surface area contributed by atoms with Crippen LogP contribution in [0.25, 0.3) is 0 Å². The molecule has 0 aliphatic carbocycles. The molecule has 1 aromatic heterocycles. The molecule has 1 aromatic rings. The average molecular weight is 396 g/mol. The third-order valence-corrected chi connectivity index (χ3v) is 6.71. The number of carbonyl (C=O) groups is 1. The third-order valence-electron chi connectivity index (χ3n) is 5.96. The van der Waals surface area contributed by atoms with Crippen LogP contribution < -0.4 is 0 Å². The Labute approximate surface area is 166 Å². The standard InChI is InChI=1S/C19H33N5O2S/c1-3-5-16-18(27-21-20-16)19(26)24-8-7-17(15(14-24)6-4-13-25)23-11-9-22(2)10-12-23/h15,17,25H,3-14H2,1-2H3/t15-,17+/m1/s1. The van der Waals surface area contributed by atoms with Crippen molar-refractivity contribution in [2.24, 2.45) is 5.92 Å². The minimum absolute atomic E-state index is 0.0966. The Morgan fingerprint density at radius 3 is 2.74 bits per heavy atom. The summed E-state index contributed by atoms with van der Waals surface area (Å²) in [5.41, 5.74) is 0.848. The van der Waals surface area contributed by atoms with Gasteiger partial charge in [0, 0.05) is 51.9 Å². The smallest absolute Gasteiger partial charge is 0.267 e. The molecule has 2 saturated heterocycles. The second kappa shape index (κ2) is 9.91. The fourth-order valence-corrected chi connectivity index (χ4v) is 5.07. The van der Waals surface area contributed by atoms with Crippen molar-refractivity contribution in [3.05, 3.63) is 10.6 Å². The first-order valence-electron chi connectivity index (χ1n) is 10.3. The van der Waals surface area contributed by atoms with Crippen LogP contribution >= 0.6 is 11.5 Å². The number of piperidine rings is 1. The Balaban J connectivity index is 1.67. The molecule has 0 saturated carbocycles. The second-order valence-corrected chi connectivity index (χ2v) is 8.63. The Hall–Kier alpha value is -1.09. The van der Waals surface area contributed by atoms with Crippen LogP contribution in [0.2, 0.25) is 0 Å². The molecule has 0 bridgehead atoms. The van der Waals surface area contributed by atoms with Gasteiger partial charge in [-0.15, -0.1) is 5.10 Å². The van der Waals surface area contributed by atoms with Crippen LogP contribution in [0.1, 0.15) is 48.0 Å². The van der Waals surface area contributed by atoms with Gasteiger partial charge in [0.25, 0.3) is 5.91 Å². The Bertz CT molecular complexity index is 603. The summed E-state index contributed by atoms with van der Waals surface area (Å²) in [7, 11) is 2.18. The van der Waals surface area contributed by atoms with Crippen molar-refractivity contribution < 1.29 is 9.90 Å². The van der Waals surface area contributed by atoms with Gasteiger partial charge in [0.2, 0.25) is 0 Å². The number of aromatic nitrogens is 2. The first kappa shape index (κ1) is 20.6. The van der Waals surface area contributed by atoms with Gasteiger partial charge in [-0.05, 0) is 50.2 Å². The van der Waals surface area contributed by atoms with E-state index in [9.17, 15) is 9.90 Å². The highest BCUT2D eigenvalue weighted by Crippen LogP contribution is 2.29. The molecule has 2 aliphatic rings. The van der Waals surface area contributed by atoms with Crippen molar-refractivity contribution in [1.82, 2.24) is 24.3 Å². The normalized spacial score (nSPS) is 25.1. The number of aliphatic hydroxyl groups is 1. The summed E-state index contributed by atoms with van der Waals surface area (Å²) in [6, 6.07) is 0.518. The van der Waals surface area contributed by atoms with Gasteiger partial charge in [-0.2, -0.15) is 0 Å². The fourth-order valence-electron chi connectivity index (χ4n) is 4.39. The number of piperazine rings is 1. The molecule has 2 fully saturated rings. The van der Waals surface area contributed by atoms with Crippen LogP contribution in [0.3, 0.4) is 0 Å². The molecule has 0 spiro atoms. The highest BCUT2D eigenvalue weighted by molar-refractivity contribution is 7.08. The van der Waals surface area contributed by atoms with Crippen molar-refractivity contribution in [2.45, 2.75) is 45.1 Å². The summed E-state index contributed by atoms with van der Waals surface area (Å²) in [4.78, 5) is 20.8. The van der Waals surface area contributed by atoms with Crippen molar-refractivity contribution in [3.8, 4) is 0 Å². The van der Waals surface area contributed by atoms with E-state index in [1.54, 1.807) is 0 Å². The number of rotatable bonds is 7. The molecule has 2 atom stereocenters. The number of nitrogens with zero attached hydrogens (tertiary/aromatic N) is 5. The monoisotopic (exact) mass is 395 g/mol. The summed E-state index contributed by atoms with van der Waals surface area (Å²) < 4.78 is 4.02. The second-order valence-electron chi connectivity index (χ2n) is 7.87. The van der Waals surface area contributed by atoms with Gasteiger partial charge in [-0.3, -0.25) is 9.69 Å². The van der Waals surface area contributed by atoms with E-state index in [-0.39, 0.29) is 12.5 Å². The summed E-state index contributed by atoms with van der Waals surface area (Å²) in [6.45, 7) is 8.32. The van der Waals surface area contributed by atoms with Gasteiger partial charge < -0.3 is 14.9 Å². The number of likely N-dealkylation sites (N-methyl/N-ethyl adjacent to an activating group) is 1. The van der Waals surface area contributed by atoms with Crippen LogP contribution in [0.4, 0.5) is 0 Å². The molecule has 3 rings (SSSR count). The Morgan fingerprint density at radius 1 is 1.26 bits per heavy atom. The largest absolute Gasteiger partial charge is 0.396 e. The topological polar surface area (TPSA) is 72.8 Å². The van der Waals surface area contributed by atoms with Crippen molar-refractivity contribution in [2.75, 3.05) is 52.9 Å². The molecule has 7 nitrogen and oxygen atoms in total. The van der Waals surface area contributed by atoms with Crippen LogP contribution in [0.5, 0.6) is 0 Å². The number of hydrogen-bond acceptors (Lipinski definition) is 7. The third kappa shape index (κ3) is 5.04. The molecule has 3 heterocycles. The lowest BCUT2D eigenvalue weighted by molar-refractivity contribution is 0.0219. The van der Waals surface area contributed by atoms with E-state index >= 15 is 0 Å². The van der Waals surface area contributed by atoms with Gasteiger partial charge in [-0.25, -0.2) is 0 Å². The number of carbonyl (C=O) groups excluding carboxylic acids is 1. The molecular weight excluding hydrogens is 362 g/mol. The van der Waals surface area contributed by atoms with Crippen LogP contribution in [0.15, 0.2) is 0 Å². The molecule has 1 N–H and O–H groups in total. The molecule has 152 valence electrons. The SMILES string of the molecule is CCCc1nnsc1C(=O)N1CC[C@H](N2CCN(C)CC2)[C@H](CCCO)C1. The molecule has 0 unspecified atom stereocenters. The molecule has 0 aromatic carbocycles. The Kier molecular flexibility index (Phi) is 7.57. The van der Waals surface area contributed by atoms with Gasteiger partial charge in [0.1, 0.15) is 4.88 Å².